The van der Waals surface area contributed by atoms with Crippen molar-refractivity contribution in [3.8, 4) is 22.8 Å². The van der Waals surface area contributed by atoms with Crippen molar-refractivity contribution in [2.24, 2.45) is 0 Å². The first kappa shape index (κ1) is 15.9. The van der Waals surface area contributed by atoms with Gasteiger partial charge in [-0.3, -0.25) is 25.0 Å². The third kappa shape index (κ3) is 2.41. The normalized spacial score (nSPS) is 10.7. The second-order valence-electron chi connectivity index (χ2n) is 4.95. The average molecular weight is 344 g/mol. The van der Waals surface area contributed by atoms with Crippen LogP contribution in [0, 0.1) is 20.2 Å². The number of nitrogens with zero attached hydrogens (tertiary/aromatic N) is 2. The second-order valence-corrected chi connectivity index (χ2v) is 4.95. The van der Waals surface area contributed by atoms with E-state index < -0.39 is 49.1 Å². The molecule has 0 spiro atoms. The van der Waals surface area contributed by atoms with Gasteiger partial charge in [-0.25, -0.2) is 0 Å². The van der Waals surface area contributed by atoms with E-state index >= 15 is 0 Å². The molecule has 0 aliphatic rings. The third-order valence-electron chi connectivity index (χ3n) is 3.50. The van der Waals surface area contributed by atoms with E-state index in [0.29, 0.717) is 5.56 Å². The fraction of sp³-hybridized carbons (Fsp3) is 0. The highest BCUT2D eigenvalue weighted by Gasteiger charge is 2.37. The Kier molecular flexibility index (Phi) is 3.57. The molecule has 0 amide bonds. The number of hydrogen-bond donors (Lipinski definition) is 2. The van der Waals surface area contributed by atoms with Crippen molar-refractivity contribution in [2.75, 3.05) is 0 Å². The van der Waals surface area contributed by atoms with Gasteiger partial charge in [0.2, 0.25) is 11.3 Å². The molecule has 1 heterocycles. The second kappa shape index (κ2) is 5.60. The van der Waals surface area contributed by atoms with Gasteiger partial charge < -0.3 is 14.6 Å². The van der Waals surface area contributed by atoms with Crippen molar-refractivity contribution in [3.63, 3.8) is 0 Å². The predicted molar refractivity (Wildman–Crippen MR) is 84.6 cm³/mol. The van der Waals surface area contributed by atoms with E-state index in [2.05, 4.69) is 0 Å². The maximum absolute atomic E-state index is 12.3. The van der Waals surface area contributed by atoms with Gasteiger partial charge in [-0.1, -0.05) is 30.3 Å². The van der Waals surface area contributed by atoms with Crippen LogP contribution in [0.15, 0.2) is 45.6 Å². The highest BCUT2D eigenvalue weighted by Crippen LogP contribution is 2.48. The Hall–Kier alpha value is -3.95. The Balaban J connectivity index is 2.52. The molecule has 0 radical (unpaired) electrons. The molecular formula is C15H8N2O8. The van der Waals surface area contributed by atoms with Gasteiger partial charge in [-0.15, -0.1) is 0 Å². The van der Waals surface area contributed by atoms with E-state index in [4.69, 9.17) is 4.42 Å². The van der Waals surface area contributed by atoms with E-state index in [1.807, 2.05) is 0 Å². The Bertz CT molecular complexity index is 1090. The highest BCUT2D eigenvalue weighted by atomic mass is 16.6. The lowest BCUT2D eigenvalue weighted by atomic mass is 10.1. The summed E-state index contributed by atoms with van der Waals surface area (Å²) in [5, 5.41) is 41.3. The summed E-state index contributed by atoms with van der Waals surface area (Å²) in [7, 11) is 0. The molecule has 10 heteroatoms. The molecule has 0 atom stereocenters. The number of phenols is 2. The summed E-state index contributed by atoms with van der Waals surface area (Å²) in [6.45, 7) is 0. The number of phenolic OH excluding ortho intramolecular Hbond substituents is 2. The number of rotatable bonds is 3. The van der Waals surface area contributed by atoms with Crippen LogP contribution in [0.4, 0.5) is 11.4 Å². The summed E-state index contributed by atoms with van der Waals surface area (Å²) in [5.74, 6) is -2.65. The Morgan fingerprint density at radius 2 is 1.52 bits per heavy atom. The van der Waals surface area contributed by atoms with Crippen molar-refractivity contribution in [3.05, 3.63) is 66.9 Å². The molecule has 0 saturated carbocycles. The molecule has 0 unspecified atom stereocenters. The molecule has 3 rings (SSSR count). The maximum atomic E-state index is 12.3. The quantitative estimate of drug-likeness (QED) is 0.542. The van der Waals surface area contributed by atoms with Crippen LogP contribution < -0.4 is 5.43 Å². The molecule has 0 aliphatic heterocycles. The van der Waals surface area contributed by atoms with Crippen LogP contribution in [0.3, 0.4) is 0 Å². The van der Waals surface area contributed by atoms with E-state index in [9.17, 15) is 35.2 Å². The largest absolute Gasteiger partial charge is 0.501 e. The van der Waals surface area contributed by atoms with Crippen molar-refractivity contribution < 1.29 is 24.5 Å². The molecule has 2 N–H and O–H groups in total. The Morgan fingerprint density at radius 1 is 0.920 bits per heavy atom. The molecule has 0 fully saturated rings. The SMILES string of the molecule is O=c1cc(-c2ccccc2)oc2c([N+](=O)[O-])c(O)c([N+](=O)[O-])c(O)c12. The minimum absolute atomic E-state index is 0.0612. The summed E-state index contributed by atoms with van der Waals surface area (Å²) in [4.78, 5) is 32.2. The van der Waals surface area contributed by atoms with Gasteiger partial charge in [0.25, 0.3) is 5.75 Å². The Morgan fingerprint density at radius 3 is 2.08 bits per heavy atom. The maximum Gasteiger partial charge on any atom is 0.361 e. The number of hydrogen-bond acceptors (Lipinski definition) is 8. The van der Waals surface area contributed by atoms with Crippen LogP contribution >= 0.6 is 0 Å². The van der Waals surface area contributed by atoms with Gasteiger partial charge in [0.1, 0.15) is 11.1 Å². The first-order valence-corrected chi connectivity index (χ1v) is 6.73. The zero-order chi connectivity index (χ0) is 18.3. The van der Waals surface area contributed by atoms with Crippen LogP contribution in [-0.2, 0) is 0 Å². The minimum Gasteiger partial charge on any atom is -0.501 e. The predicted octanol–water partition coefficient (Wildman–Crippen LogP) is 2.69. The number of benzene rings is 2. The zero-order valence-electron chi connectivity index (χ0n) is 12.2. The molecule has 126 valence electrons. The lowest BCUT2D eigenvalue weighted by molar-refractivity contribution is -0.395. The topological polar surface area (TPSA) is 157 Å². The van der Waals surface area contributed by atoms with Crippen LogP contribution in [0.5, 0.6) is 11.5 Å². The van der Waals surface area contributed by atoms with E-state index in [-0.39, 0.29) is 5.76 Å². The molecule has 2 aromatic carbocycles. The van der Waals surface area contributed by atoms with Crippen LogP contribution in [-0.4, -0.2) is 20.1 Å². The summed E-state index contributed by atoms with van der Waals surface area (Å²) in [6.07, 6.45) is 0. The van der Waals surface area contributed by atoms with Crippen LogP contribution in [0.2, 0.25) is 0 Å². The van der Waals surface area contributed by atoms with Gasteiger partial charge in [-0.2, -0.15) is 0 Å². The van der Waals surface area contributed by atoms with Crippen molar-refractivity contribution in [2.45, 2.75) is 0 Å². The van der Waals surface area contributed by atoms with Crippen molar-refractivity contribution in [1.29, 1.82) is 0 Å². The third-order valence-corrected chi connectivity index (χ3v) is 3.50. The van der Waals surface area contributed by atoms with Crippen molar-refractivity contribution in [1.82, 2.24) is 0 Å². The molecule has 25 heavy (non-hydrogen) atoms. The smallest absolute Gasteiger partial charge is 0.361 e. The van der Waals surface area contributed by atoms with E-state index in [0.717, 1.165) is 6.07 Å². The highest BCUT2D eigenvalue weighted by molar-refractivity contribution is 5.98. The van der Waals surface area contributed by atoms with Gasteiger partial charge in [0.05, 0.1) is 9.85 Å². The van der Waals surface area contributed by atoms with Gasteiger partial charge in [-0.05, 0) is 0 Å². The van der Waals surface area contributed by atoms with Crippen LogP contribution in [0.1, 0.15) is 0 Å². The molecule has 0 aliphatic carbocycles. The van der Waals surface area contributed by atoms with Gasteiger partial charge in [0.15, 0.2) is 5.43 Å². The lowest BCUT2D eigenvalue weighted by Crippen LogP contribution is -2.05. The van der Waals surface area contributed by atoms with Gasteiger partial charge in [0, 0.05) is 11.6 Å². The summed E-state index contributed by atoms with van der Waals surface area (Å²) in [6, 6.07) is 9.06. The number of nitro groups is 2. The minimum atomic E-state index is -1.40. The van der Waals surface area contributed by atoms with E-state index in [1.54, 1.807) is 30.3 Å². The van der Waals surface area contributed by atoms with Gasteiger partial charge >= 0.3 is 11.4 Å². The molecule has 10 nitrogen and oxygen atoms in total. The Labute approximate surface area is 137 Å². The fourth-order valence-electron chi connectivity index (χ4n) is 2.42. The summed E-state index contributed by atoms with van der Waals surface area (Å²) in [5.41, 5.74) is -3.78. The fourth-order valence-corrected chi connectivity index (χ4v) is 2.42. The molecule has 0 saturated heterocycles. The standard InChI is InChI=1S/C15H8N2O8/c18-8-6-9(7-4-2-1-3-5-7)25-15-10(8)13(19)11(16(21)22)14(20)12(15)17(23)24/h1-6,19-20H. The first-order chi connectivity index (χ1) is 11.8. The summed E-state index contributed by atoms with van der Waals surface area (Å²) < 4.78 is 5.33. The molecule has 1 aromatic heterocycles. The number of nitro benzene ring substituents is 2. The number of aromatic hydroxyl groups is 2. The van der Waals surface area contributed by atoms with Crippen LogP contribution in [0.25, 0.3) is 22.3 Å². The zero-order valence-corrected chi connectivity index (χ0v) is 12.2. The molecule has 3 aromatic rings. The number of fused-ring (bicyclic) bond motifs is 1. The lowest BCUT2D eigenvalue weighted by Gasteiger charge is -2.07. The first-order valence-electron chi connectivity index (χ1n) is 6.73. The monoisotopic (exact) mass is 344 g/mol. The summed E-state index contributed by atoms with van der Waals surface area (Å²) >= 11 is 0. The van der Waals surface area contributed by atoms with E-state index in [1.165, 1.54) is 0 Å². The molecule has 0 bridgehead atoms. The average Bonchev–Trinajstić information content (AvgIpc) is 2.54. The molecular weight excluding hydrogens is 336 g/mol. The van der Waals surface area contributed by atoms with Crippen molar-refractivity contribution >= 4 is 22.3 Å².